The number of hydrogen-bond acceptors (Lipinski definition) is 4. The highest BCUT2D eigenvalue weighted by molar-refractivity contribution is 5.74. The zero-order chi connectivity index (χ0) is 16.8. The standard InChI is InChI=1S/C18H24N4O2/c1-14(7-8-15-5-3-2-4-6-15)20-18(23)22-11-9-16(10-12-22)17-19-13-24-21-17/h2-6,13-14,16H,7-12H2,1H3,(H,20,23)/t14-/m1/s1. The molecule has 0 aliphatic carbocycles. The number of hydrogen-bond donors (Lipinski definition) is 1. The van der Waals surface area contributed by atoms with Crippen LogP contribution in [0.5, 0.6) is 0 Å². The zero-order valence-corrected chi connectivity index (χ0v) is 14.0. The number of aromatic nitrogens is 2. The van der Waals surface area contributed by atoms with Crippen LogP contribution in [0.1, 0.15) is 43.5 Å². The maximum Gasteiger partial charge on any atom is 0.317 e. The van der Waals surface area contributed by atoms with Crippen molar-refractivity contribution in [3.05, 3.63) is 48.1 Å². The van der Waals surface area contributed by atoms with E-state index in [1.807, 2.05) is 23.1 Å². The molecule has 0 spiro atoms. The van der Waals surface area contributed by atoms with Crippen molar-refractivity contribution in [1.82, 2.24) is 20.4 Å². The van der Waals surface area contributed by atoms with E-state index in [0.717, 1.165) is 44.6 Å². The Kier molecular flexibility index (Phi) is 5.46. The third-order valence-electron chi connectivity index (χ3n) is 4.60. The lowest BCUT2D eigenvalue weighted by molar-refractivity contribution is 0.176. The van der Waals surface area contributed by atoms with Gasteiger partial charge in [0.25, 0.3) is 0 Å². The van der Waals surface area contributed by atoms with Gasteiger partial charge >= 0.3 is 6.03 Å². The number of piperidine rings is 1. The Balaban J connectivity index is 1.40. The van der Waals surface area contributed by atoms with Crippen LogP contribution in [0.25, 0.3) is 0 Å². The second-order valence-corrected chi connectivity index (χ2v) is 6.43. The van der Waals surface area contributed by atoms with E-state index >= 15 is 0 Å². The molecule has 1 aromatic heterocycles. The summed E-state index contributed by atoms with van der Waals surface area (Å²) in [6.45, 7) is 3.53. The van der Waals surface area contributed by atoms with E-state index in [4.69, 9.17) is 4.52 Å². The lowest BCUT2D eigenvalue weighted by atomic mass is 9.96. The quantitative estimate of drug-likeness (QED) is 0.916. The molecule has 1 fully saturated rings. The summed E-state index contributed by atoms with van der Waals surface area (Å²) in [5.41, 5.74) is 1.31. The molecule has 1 saturated heterocycles. The van der Waals surface area contributed by atoms with E-state index in [1.54, 1.807) is 0 Å². The predicted octanol–water partition coefficient (Wildman–Crippen LogP) is 2.98. The normalized spacial score (nSPS) is 16.8. The molecule has 2 aromatic rings. The number of carbonyl (C=O) groups excluding carboxylic acids is 1. The summed E-state index contributed by atoms with van der Waals surface area (Å²) in [4.78, 5) is 18.4. The molecule has 0 unspecified atom stereocenters. The van der Waals surface area contributed by atoms with E-state index in [1.165, 1.54) is 12.0 Å². The van der Waals surface area contributed by atoms with Crippen LogP contribution in [0, 0.1) is 0 Å². The monoisotopic (exact) mass is 328 g/mol. The van der Waals surface area contributed by atoms with Gasteiger partial charge in [0.15, 0.2) is 5.82 Å². The Morgan fingerprint density at radius 3 is 2.75 bits per heavy atom. The summed E-state index contributed by atoms with van der Waals surface area (Å²) in [6.07, 6.45) is 5.04. The Bertz CT molecular complexity index is 622. The molecule has 128 valence electrons. The summed E-state index contributed by atoms with van der Waals surface area (Å²) >= 11 is 0. The minimum absolute atomic E-state index is 0.0297. The number of nitrogens with one attached hydrogen (secondary N) is 1. The molecule has 6 heteroatoms. The van der Waals surface area contributed by atoms with Crippen molar-refractivity contribution in [2.24, 2.45) is 0 Å². The first-order chi connectivity index (χ1) is 11.7. The Morgan fingerprint density at radius 2 is 2.08 bits per heavy atom. The lowest BCUT2D eigenvalue weighted by Crippen LogP contribution is -2.47. The average Bonchev–Trinajstić information content (AvgIpc) is 3.16. The molecule has 2 heterocycles. The fourth-order valence-corrected chi connectivity index (χ4v) is 3.10. The smallest absolute Gasteiger partial charge is 0.317 e. The molecule has 1 aliphatic rings. The number of nitrogens with zero attached hydrogens (tertiary/aromatic N) is 3. The zero-order valence-electron chi connectivity index (χ0n) is 14.0. The van der Waals surface area contributed by atoms with E-state index in [9.17, 15) is 4.79 Å². The number of urea groups is 1. The van der Waals surface area contributed by atoms with Crippen LogP contribution < -0.4 is 5.32 Å². The Morgan fingerprint density at radius 1 is 1.33 bits per heavy atom. The summed E-state index contributed by atoms with van der Waals surface area (Å²) in [5.74, 6) is 1.05. The molecule has 1 aliphatic heterocycles. The van der Waals surface area contributed by atoms with Gasteiger partial charge in [-0.25, -0.2) is 4.79 Å². The maximum atomic E-state index is 12.4. The van der Waals surface area contributed by atoms with E-state index in [2.05, 4.69) is 34.5 Å². The van der Waals surface area contributed by atoms with E-state index < -0.39 is 0 Å². The third-order valence-corrected chi connectivity index (χ3v) is 4.60. The molecule has 6 nitrogen and oxygen atoms in total. The van der Waals surface area contributed by atoms with Gasteiger partial charge < -0.3 is 14.7 Å². The molecule has 0 saturated carbocycles. The van der Waals surface area contributed by atoms with Gasteiger partial charge in [0.1, 0.15) is 0 Å². The average molecular weight is 328 g/mol. The van der Waals surface area contributed by atoms with Crippen molar-refractivity contribution < 1.29 is 9.32 Å². The first-order valence-corrected chi connectivity index (χ1v) is 8.58. The van der Waals surface area contributed by atoms with Crippen molar-refractivity contribution in [2.75, 3.05) is 13.1 Å². The van der Waals surface area contributed by atoms with Crippen LogP contribution in [0.4, 0.5) is 4.79 Å². The summed E-state index contributed by atoms with van der Waals surface area (Å²) in [5, 5.41) is 7.01. The van der Waals surface area contributed by atoms with Crippen LogP contribution in [0.2, 0.25) is 0 Å². The molecule has 1 atom stereocenters. The second-order valence-electron chi connectivity index (χ2n) is 6.43. The van der Waals surface area contributed by atoms with Crippen LogP contribution in [-0.4, -0.2) is 40.2 Å². The number of aryl methyl sites for hydroxylation is 1. The third kappa shape index (κ3) is 4.34. The first kappa shape index (κ1) is 16.5. The van der Waals surface area contributed by atoms with Crippen molar-refractivity contribution in [3.8, 4) is 0 Å². The molecular formula is C18H24N4O2. The SMILES string of the molecule is C[C@H](CCc1ccccc1)NC(=O)N1CCC(c2ncon2)CC1. The molecular weight excluding hydrogens is 304 g/mol. The molecule has 2 amide bonds. The van der Waals surface area contributed by atoms with Crippen molar-refractivity contribution in [3.63, 3.8) is 0 Å². The number of likely N-dealkylation sites (tertiary alicyclic amines) is 1. The number of rotatable bonds is 5. The summed E-state index contributed by atoms with van der Waals surface area (Å²) < 4.78 is 4.80. The van der Waals surface area contributed by atoms with Crippen LogP contribution in [0.3, 0.4) is 0 Å². The molecule has 1 aromatic carbocycles. The number of benzene rings is 1. The highest BCUT2D eigenvalue weighted by atomic mass is 16.5. The highest BCUT2D eigenvalue weighted by Crippen LogP contribution is 2.25. The Labute approximate surface area is 142 Å². The fourth-order valence-electron chi connectivity index (χ4n) is 3.10. The predicted molar refractivity (Wildman–Crippen MR) is 90.6 cm³/mol. The molecule has 0 radical (unpaired) electrons. The van der Waals surface area contributed by atoms with Crippen molar-refractivity contribution in [1.29, 1.82) is 0 Å². The lowest BCUT2D eigenvalue weighted by Gasteiger charge is -2.31. The minimum atomic E-state index is 0.0297. The van der Waals surface area contributed by atoms with Crippen molar-refractivity contribution >= 4 is 6.03 Å². The van der Waals surface area contributed by atoms with Gasteiger partial charge in [0.05, 0.1) is 0 Å². The molecule has 3 rings (SSSR count). The van der Waals surface area contributed by atoms with Gasteiger partial charge in [-0.15, -0.1) is 0 Å². The van der Waals surface area contributed by atoms with Gasteiger partial charge in [0.2, 0.25) is 6.39 Å². The van der Waals surface area contributed by atoms with Gasteiger partial charge in [0, 0.05) is 25.0 Å². The largest absolute Gasteiger partial charge is 0.343 e. The number of amides is 2. The van der Waals surface area contributed by atoms with Gasteiger partial charge in [-0.3, -0.25) is 0 Å². The second kappa shape index (κ2) is 7.95. The summed E-state index contributed by atoms with van der Waals surface area (Å²) in [6, 6.07) is 10.6. The van der Waals surface area contributed by atoms with Gasteiger partial charge in [-0.05, 0) is 38.2 Å². The van der Waals surface area contributed by atoms with Crippen LogP contribution in [0.15, 0.2) is 41.2 Å². The van der Waals surface area contributed by atoms with E-state index in [0.29, 0.717) is 5.92 Å². The van der Waals surface area contributed by atoms with Crippen LogP contribution >= 0.6 is 0 Å². The van der Waals surface area contributed by atoms with E-state index in [-0.39, 0.29) is 12.1 Å². The van der Waals surface area contributed by atoms with Gasteiger partial charge in [-0.2, -0.15) is 4.98 Å². The van der Waals surface area contributed by atoms with Gasteiger partial charge in [-0.1, -0.05) is 35.5 Å². The maximum absolute atomic E-state index is 12.4. The minimum Gasteiger partial charge on any atom is -0.343 e. The topological polar surface area (TPSA) is 71.3 Å². The Hall–Kier alpha value is -2.37. The first-order valence-electron chi connectivity index (χ1n) is 8.58. The molecule has 0 bridgehead atoms. The highest BCUT2D eigenvalue weighted by Gasteiger charge is 2.26. The summed E-state index contributed by atoms with van der Waals surface area (Å²) in [7, 11) is 0. The number of carbonyl (C=O) groups is 1. The van der Waals surface area contributed by atoms with Crippen LogP contribution in [-0.2, 0) is 6.42 Å². The molecule has 24 heavy (non-hydrogen) atoms. The fraction of sp³-hybridized carbons (Fsp3) is 0.500. The van der Waals surface area contributed by atoms with Crippen molar-refractivity contribution in [2.45, 2.75) is 44.6 Å². The molecule has 1 N–H and O–H groups in total.